The zero-order valence-electron chi connectivity index (χ0n) is 14.7. The average molecular weight is 345 g/mol. The van der Waals surface area contributed by atoms with E-state index >= 15 is 0 Å². The Kier molecular flexibility index (Phi) is 7.01. The molecule has 2 rings (SSSR count). The van der Waals surface area contributed by atoms with Gasteiger partial charge in [0.25, 0.3) is 0 Å². The van der Waals surface area contributed by atoms with E-state index in [9.17, 15) is 9.59 Å². The molecule has 3 N–H and O–H groups in total. The minimum atomic E-state index is -0.808. The van der Waals surface area contributed by atoms with Crippen molar-refractivity contribution >= 4 is 18.1 Å². The fourth-order valence-corrected chi connectivity index (χ4v) is 3.05. The molecule has 6 heteroatoms. The Bertz CT molecular complexity index is 594. The van der Waals surface area contributed by atoms with E-state index in [2.05, 4.69) is 17.2 Å². The highest BCUT2D eigenvalue weighted by atomic mass is 16.4. The Labute approximate surface area is 148 Å². The van der Waals surface area contributed by atoms with Gasteiger partial charge in [-0.15, -0.1) is 0 Å². The van der Waals surface area contributed by atoms with Crippen molar-refractivity contribution in [1.82, 2.24) is 15.5 Å². The van der Waals surface area contributed by atoms with Gasteiger partial charge in [-0.05, 0) is 36.9 Å². The third kappa shape index (κ3) is 5.90. The second kappa shape index (κ2) is 9.22. The van der Waals surface area contributed by atoms with Crippen molar-refractivity contribution < 1.29 is 14.7 Å². The van der Waals surface area contributed by atoms with Gasteiger partial charge in [-0.1, -0.05) is 43.8 Å². The third-order valence-electron chi connectivity index (χ3n) is 4.62. The fourth-order valence-electron chi connectivity index (χ4n) is 3.05. The molecule has 25 heavy (non-hydrogen) atoms. The lowest BCUT2D eigenvalue weighted by Gasteiger charge is -2.42. The Morgan fingerprint density at radius 1 is 1.32 bits per heavy atom. The Morgan fingerprint density at radius 3 is 2.56 bits per heavy atom. The molecule has 1 fully saturated rings. The Balaban J connectivity index is 1.63. The molecule has 0 heterocycles. The summed E-state index contributed by atoms with van der Waals surface area (Å²) in [4.78, 5) is 24.7. The first-order chi connectivity index (χ1) is 12.0. The first-order valence-corrected chi connectivity index (χ1v) is 8.73. The maximum Gasteiger partial charge on any atom is 0.317 e. The van der Waals surface area contributed by atoms with Crippen LogP contribution >= 0.6 is 0 Å². The molecule has 1 aliphatic carbocycles. The van der Waals surface area contributed by atoms with E-state index in [0.717, 1.165) is 24.8 Å². The number of carboxylic acid groups (broad SMARTS) is 1. The number of benzene rings is 1. The number of nitrogens with zero attached hydrogens (tertiary/aromatic N) is 1. The molecule has 1 aromatic carbocycles. The first-order valence-electron chi connectivity index (χ1n) is 8.73. The van der Waals surface area contributed by atoms with Crippen molar-refractivity contribution in [3.05, 3.63) is 42.0 Å². The molecule has 136 valence electrons. The molecular weight excluding hydrogens is 318 g/mol. The zero-order chi connectivity index (χ0) is 18.2. The summed E-state index contributed by atoms with van der Waals surface area (Å²) in [5.74, 6) is -0.808. The lowest BCUT2D eigenvalue weighted by molar-refractivity contribution is -0.139. The number of carboxylic acids is 1. The molecule has 1 aromatic rings. The van der Waals surface area contributed by atoms with Crippen molar-refractivity contribution in [1.29, 1.82) is 0 Å². The average Bonchev–Trinajstić information content (AvgIpc) is 2.56. The summed E-state index contributed by atoms with van der Waals surface area (Å²) in [6.45, 7) is 7.03. The highest BCUT2D eigenvalue weighted by Crippen LogP contribution is 2.25. The van der Waals surface area contributed by atoms with Crippen LogP contribution in [0.3, 0.4) is 0 Å². The van der Waals surface area contributed by atoms with Gasteiger partial charge in [0.2, 0.25) is 0 Å². The van der Waals surface area contributed by atoms with E-state index in [0.29, 0.717) is 13.1 Å². The zero-order valence-corrected chi connectivity index (χ0v) is 14.7. The molecule has 1 aliphatic rings. The van der Waals surface area contributed by atoms with Crippen LogP contribution in [0.4, 0.5) is 4.79 Å². The number of carbonyl (C=O) groups is 2. The predicted molar refractivity (Wildman–Crippen MR) is 98.5 cm³/mol. The molecule has 0 unspecified atom stereocenters. The van der Waals surface area contributed by atoms with Crippen LogP contribution in [0, 0.1) is 0 Å². The Hall–Kier alpha value is -2.34. The van der Waals surface area contributed by atoms with Crippen molar-refractivity contribution in [2.75, 3.05) is 19.6 Å². The lowest BCUT2D eigenvalue weighted by atomic mass is 9.85. The molecule has 0 spiro atoms. The summed E-state index contributed by atoms with van der Waals surface area (Å²) < 4.78 is 0. The summed E-state index contributed by atoms with van der Waals surface area (Å²) in [7, 11) is 0. The van der Waals surface area contributed by atoms with Crippen molar-refractivity contribution in [2.45, 2.75) is 38.3 Å². The Morgan fingerprint density at radius 2 is 2.00 bits per heavy atom. The summed E-state index contributed by atoms with van der Waals surface area (Å²) in [5, 5.41) is 14.7. The van der Waals surface area contributed by atoms with Gasteiger partial charge in [-0.2, -0.15) is 0 Å². The van der Waals surface area contributed by atoms with Crippen LogP contribution in [0.15, 0.2) is 30.8 Å². The number of likely N-dealkylation sites (N-methyl/N-ethyl adjacent to an activating group) is 1. The molecule has 0 aliphatic heterocycles. The van der Waals surface area contributed by atoms with Crippen LogP contribution in [0.1, 0.15) is 30.9 Å². The molecular formula is C19H27N3O3. The summed E-state index contributed by atoms with van der Waals surface area (Å²) in [6, 6.07) is 8.30. The van der Waals surface area contributed by atoms with E-state index in [1.54, 1.807) is 6.08 Å². The van der Waals surface area contributed by atoms with Gasteiger partial charge < -0.3 is 15.7 Å². The van der Waals surface area contributed by atoms with Gasteiger partial charge in [-0.3, -0.25) is 9.69 Å². The SMILES string of the molecule is C=Cc1ccc(CCNC(=O)NC2CC(N(CC)CC(=O)O)C2)cc1. The number of rotatable bonds is 9. The first kappa shape index (κ1) is 19.0. The highest BCUT2D eigenvalue weighted by Gasteiger charge is 2.34. The standard InChI is InChI=1S/C19H27N3O3/c1-3-14-5-7-15(8-6-14)9-10-20-19(25)21-16-11-17(12-16)22(4-2)13-18(23)24/h3,5-8,16-17H,1,4,9-13H2,2H3,(H,23,24)(H2,20,21,25). The number of nitrogens with one attached hydrogen (secondary N) is 2. The maximum atomic E-state index is 11.9. The molecule has 0 atom stereocenters. The van der Waals surface area contributed by atoms with E-state index in [4.69, 9.17) is 5.11 Å². The quantitative estimate of drug-likeness (QED) is 0.640. The lowest BCUT2D eigenvalue weighted by Crippen LogP contribution is -2.56. The van der Waals surface area contributed by atoms with Gasteiger partial charge in [0.15, 0.2) is 0 Å². The van der Waals surface area contributed by atoms with Gasteiger partial charge in [0, 0.05) is 18.6 Å². The summed E-state index contributed by atoms with van der Waals surface area (Å²) in [5.41, 5.74) is 2.25. The summed E-state index contributed by atoms with van der Waals surface area (Å²) in [6.07, 6.45) is 4.19. The number of amides is 2. The molecule has 6 nitrogen and oxygen atoms in total. The highest BCUT2D eigenvalue weighted by molar-refractivity contribution is 5.74. The molecule has 2 amide bonds. The van der Waals surface area contributed by atoms with Crippen LogP contribution < -0.4 is 10.6 Å². The minimum Gasteiger partial charge on any atom is -0.480 e. The van der Waals surface area contributed by atoms with Gasteiger partial charge in [0.1, 0.15) is 0 Å². The van der Waals surface area contributed by atoms with Crippen LogP contribution in [-0.4, -0.2) is 53.7 Å². The monoisotopic (exact) mass is 345 g/mol. The van der Waals surface area contributed by atoms with Crippen LogP contribution in [0.2, 0.25) is 0 Å². The van der Waals surface area contributed by atoms with Crippen LogP contribution in [0.5, 0.6) is 0 Å². The predicted octanol–water partition coefficient (Wildman–Crippen LogP) is 2.11. The van der Waals surface area contributed by atoms with Gasteiger partial charge in [-0.25, -0.2) is 4.79 Å². The number of hydrogen-bond donors (Lipinski definition) is 3. The molecule has 1 saturated carbocycles. The molecule has 0 radical (unpaired) electrons. The minimum absolute atomic E-state index is 0.0602. The normalized spacial score (nSPS) is 19.1. The van der Waals surface area contributed by atoms with Crippen molar-refractivity contribution in [2.24, 2.45) is 0 Å². The summed E-state index contributed by atoms with van der Waals surface area (Å²) >= 11 is 0. The molecule has 0 saturated heterocycles. The van der Waals surface area contributed by atoms with Gasteiger partial charge >= 0.3 is 12.0 Å². The van der Waals surface area contributed by atoms with E-state index < -0.39 is 5.97 Å². The number of hydrogen-bond acceptors (Lipinski definition) is 3. The maximum absolute atomic E-state index is 11.9. The van der Waals surface area contributed by atoms with Crippen molar-refractivity contribution in [3.63, 3.8) is 0 Å². The second-order valence-electron chi connectivity index (χ2n) is 6.37. The van der Waals surface area contributed by atoms with E-state index in [1.165, 1.54) is 5.56 Å². The fraction of sp³-hybridized carbons (Fsp3) is 0.474. The number of carbonyl (C=O) groups excluding carboxylic acids is 1. The number of aliphatic carboxylic acids is 1. The number of urea groups is 1. The topological polar surface area (TPSA) is 81.7 Å². The van der Waals surface area contributed by atoms with Crippen molar-refractivity contribution in [3.8, 4) is 0 Å². The molecule has 0 aromatic heterocycles. The third-order valence-corrected chi connectivity index (χ3v) is 4.62. The van der Waals surface area contributed by atoms with Gasteiger partial charge in [0.05, 0.1) is 6.54 Å². The van der Waals surface area contributed by atoms with Crippen LogP contribution in [-0.2, 0) is 11.2 Å². The van der Waals surface area contributed by atoms with E-state index in [1.807, 2.05) is 36.1 Å². The second-order valence-corrected chi connectivity index (χ2v) is 6.37. The molecule has 0 bridgehead atoms. The van der Waals surface area contributed by atoms with Crippen LogP contribution in [0.25, 0.3) is 6.08 Å². The van der Waals surface area contributed by atoms with E-state index in [-0.39, 0.29) is 24.7 Å². The smallest absolute Gasteiger partial charge is 0.317 e. The largest absolute Gasteiger partial charge is 0.480 e.